The molecule has 0 unspecified atom stereocenters. The number of carbonyl (C=O) groups is 1. The quantitative estimate of drug-likeness (QED) is 0.761. The normalized spacial score (nSPS) is 15.8. The molecule has 1 amide bonds. The SMILES string of the molecule is CCNc1cnc(C(=O)NCCN2CCOCC2)cn1. The molecule has 2 rings (SSSR count). The fraction of sp³-hybridized carbons (Fsp3) is 0.615. The molecule has 1 aromatic rings. The van der Waals surface area contributed by atoms with Crippen LogP contribution in [0.3, 0.4) is 0 Å². The molecular formula is C13H21N5O2. The average Bonchev–Trinajstić information content (AvgIpc) is 2.49. The van der Waals surface area contributed by atoms with Gasteiger partial charge in [0.15, 0.2) is 0 Å². The van der Waals surface area contributed by atoms with Gasteiger partial charge >= 0.3 is 0 Å². The Bertz CT molecular complexity index is 417. The van der Waals surface area contributed by atoms with E-state index in [0.29, 0.717) is 18.1 Å². The van der Waals surface area contributed by atoms with Gasteiger partial charge in [-0.05, 0) is 6.92 Å². The lowest BCUT2D eigenvalue weighted by molar-refractivity contribution is 0.0383. The summed E-state index contributed by atoms with van der Waals surface area (Å²) in [4.78, 5) is 22.4. The van der Waals surface area contributed by atoms with E-state index >= 15 is 0 Å². The number of nitrogens with zero attached hydrogens (tertiary/aromatic N) is 3. The standard InChI is InChI=1S/C13H21N5O2/c1-2-14-12-10-16-11(9-17-12)13(19)15-3-4-18-5-7-20-8-6-18/h9-10H,2-8H2,1H3,(H,14,17)(H,15,19). The Balaban J connectivity index is 1.73. The second-order valence-corrected chi connectivity index (χ2v) is 4.53. The lowest BCUT2D eigenvalue weighted by Gasteiger charge is -2.26. The second kappa shape index (κ2) is 7.76. The van der Waals surface area contributed by atoms with Gasteiger partial charge < -0.3 is 15.4 Å². The third kappa shape index (κ3) is 4.43. The number of amides is 1. The zero-order valence-electron chi connectivity index (χ0n) is 11.8. The van der Waals surface area contributed by atoms with E-state index in [4.69, 9.17) is 4.74 Å². The Labute approximate surface area is 118 Å². The second-order valence-electron chi connectivity index (χ2n) is 4.53. The molecule has 20 heavy (non-hydrogen) atoms. The summed E-state index contributed by atoms with van der Waals surface area (Å²) in [5.74, 6) is 0.492. The minimum Gasteiger partial charge on any atom is -0.379 e. The highest BCUT2D eigenvalue weighted by Gasteiger charge is 2.11. The highest BCUT2D eigenvalue weighted by Crippen LogP contribution is 2.00. The summed E-state index contributed by atoms with van der Waals surface area (Å²) >= 11 is 0. The predicted octanol–water partition coefficient (Wildman–Crippen LogP) is -0.0296. The first-order valence-corrected chi connectivity index (χ1v) is 6.94. The summed E-state index contributed by atoms with van der Waals surface area (Å²) in [5.41, 5.74) is 0.341. The van der Waals surface area contributed by atoms with Crippen molar-refractivity contribution in [2.45, 2.75) is 6.92 Å². The van der Waals surface area contributed by atoms with Crippen LogP contribution in [-0.2, 0) is 4.74 Å². The fourth-order valence-corrected chi connectivity index (χ4v) is 1.96. The van der Waals surface area contributed by atoms with Crippen LogP contribution < -0.4 is 10.6 Å². The molecular weight excluding hydrogens is 258 g/mol. The van der Waals surface area contributed by atoms with Crippen molar-refractivity contribution in [3.8, 4) is 0 Å². The van der Waals surface area contributed by atoms with Gasteiger partial charge in [-0.2, -0.15) is 0 Å². The first kappa shape index (κ1) is 14.7. The maximum atomic E-state index is 11.9. The maximum absolute atomic E-state index is 11.9. The first-order chi connectivity index (χ1) is 9.79. The number of aromatic nitrogens is 2. The third-order valence-corrected chi connectivity index (χ3v) is 3.06. The monoisotopic (exact) mass is 279 g/mol. The summed E-state index contributed by atoms with van der Waals surface area (Å²) < 4.78 is 5.27. The number of carbonyl (C=O) groups excluding carboxylic acids is 1. The Hall–Kier alpha value is -1.73. The molecule has 1 fully saturated rings. The zero-order valence-corrected chi connectivity index (χ0v) is 11.8. The lowest BCUT2D eigenvalue weighted by atomic mass is 10.4. The fourth-order valence-electron chi connectivity index (χ4n) is 1.96. The van der Waals surface area contributed by atoms with Gasteiger partial charge in [-0.1, -0.05) is 0 Å². The molecule has 0 saturated carbocycles. The molecule has 7 nitrogen and oxygen atoms in total. The van der Waals surface area contributed by atoms with Gasteiger partial charge in [0.1, 0.15) is 11.5 Å². The van der Waals surface area contributed by atoms with E-state index in [0.717, 1.165) is 39.4 Å². The van der Waals surface area contributed by atoms with Gasteiger partial charge in [0.2, 0.25) is 0 Å². The molecule has 110 valence electrons. The highest BCUT2D eigenvalue weighted by atomic mass is 16.5. The van der Waals surface area contributed by atoms with Gasteiger partial charge in [0, 0.05) is 32.7 Å². The molecule has 0 bridgehead atoms. The van der Waals surface area contributed by atoms with Crippen molar-refractivity contribution in [1.29, 1.82) is 0 Å². The Morgan fingerprint density at radius 3 is 2.80 bits per heavy atom. The number of rotatable bonds is 6. The summed E-state index contributed by atoms with van der Waals surface area (Å²) in [6, 6.07) is 0. The molecule has 2 N–H and O–H groups in total. The zero-order chi connectivity index (χ0) is 14.2. The van der Waals surface area contributed by atoms with Crippen molar-refractivity contribution < 1.29 is 9.53 Å². The molecule has 7 heteroatoms. The molecule has 0 aliphatic carbocycles. The van der Waals surface area contributed by atoms with E-state index in [9.17, 15) is 4.79 Å². The van der Waals surface area contributed by atoms with Crippen molar-refractivity contribution in [2.24, 2.45) is 0 Å². The maximum Gasteiger partial charge on any atom is 0.271 e. The van der Waals surface area contributed by atoms with Crippen LogP contribution in [0, 0.1) is 0 Å². The van der Waals surface area contributed by atoms with E-state index in [1.807, 2.05) is 6.92 Å². The van der Waals surface area contributed by atoms with Crippen LogP contribution in [0.25, 0.3) is 0 Å². The number of anilines is 1. The number of ether oxygens (including phenoxy) is 1. The van der Waals surface area contributed by atoms with Crippen molar-refractivity contribution in [3.05, 3.63) is 18.1 Å². The Morgan fingerprint density at radius 2 is 2.15 bits per heavy atom. The van der Waals surface area contributed by atoms with E-state index in [-0.39, 0.29) is 5.91 Å². The lowest BCUT2D eigenvalue weighted by Crippen LogP contribution is -2.41. The molecule has 1 saturated heterocycles. The van der Waals surface area contributed by atoms with Crippen LogP contribution in [0.1, 0.15) is 17.4 Å². The molecule has 1 aliphatic rings. The van der Waals surface area contributed by atoms with E-state index in [1.165, 1.54) is 6.20 Å². The largest absolute Gasteiger partial charge is 0.379 e. The van der Waals surface area contributed by atoms with Crippen LogP contribution in [-0.4, -0.2) is 66.7 Å². The summed E-state index contributed by atoms with van der Waals surface area (Å²) in [6.45, 7) is 7.58. The van der Waals surface area contributed by atoms with Crippen LogP contribution in [0.2, 0.25) is 0 Å². The van der Waals surface area contributed by atoms with Crippen LogP contribution in [0.4, 0.5) is 5.82 Å². The molecule has 0 spiro atoms. The minimum atomic E-state index is -0.186. The number of morpholine rings is 1. The minimum absolute atomic E-state index is 0.186. The summed E-state index contributed by atoms with van der Waals surface area (Å²) in [5, 5.41) is 5.89. The highest BCUT2D eigenvalue weighted by molar-refractivity contribution is 5.91. The van der Waals surface area contributed by atoms with E-state index < -0.39 is 0 Å². The van der Waals surface area contributed by atoms with Crippen LogP contribution >= 0.6 is 0 Å². The molecule has 0 aromatic carbocycles. The van der Waals surface area contributed by atoms with Crippen molar-refractivity contribution >= 4 is 11.7 Å². The Morgan fingerprint density at radius 1 is 1.35 bits per heavy atom. The number of hydrogen-bond acceptors (Lipinski definition) is 6. The van der Waals surface area contributed by atoms with Crippen LogP contribution in [0.5, 0.6) is 0 Å². The third-order valence-electron chi connectivity index (χ3n) is 3.06. The summed E-state index contributed by atoms with van der Waals surface area (Å²) in [6.07, 6.45) is 3.06. The predicted molar refractivity (Wildman–Crippen MR) is 75.8 cm³/mol. The van der Waals surface area contributed by atoms with Crippen molar-refractivity contribution in [3.63, 3.8) is 0 Å². The van der Waals surface area contributed by atoms with Crippen molar-refractivity contribution in [1.82, 2.24) is 20.2 Å². The average molecular weight is 279 g/mol. The van der Waals surface area contributed by atoms with Crippen molar-refractivity contribution in [2.75, 3.05) is 51.3 Å². The Kier molecular flexibility index (Phi) is 5.69. The molecule has 2 heterocycles. The summed E-state index contributed by atoms with van der Waals surface area (Å²) in [7, 11) is 0. The van der Waals surface area contributed by atoms with Crippen LogP contribution in [0.15, 0.2) is 12.4 Å². The van der Waals surface area contributed by atoms with Gasteiger partial charge in [0.25, 0.3) is 5.91 Å². The van der Waals surface area contributed by atoms with Gasteiger partial charge in [0.05, 0.1) is 25.6 Å². The van der Waals surface area contributed by atoms with E-state index in [2.05, 4.69) is 25.5 Å². The first-order valence-electron chi connectivity index (χ1n) is 6.94. The molecule has 1 aromatic heterocycles. The smallest absolute Gasteiger partial charge is 0.271 e. The van der Waals surface area contributed by atoms with Gasteiger partial charge in [-0.3, -0.25) is 9.69 Å². The van der Waals surface area contributed by atoms with Gasteiger partial charge in [-0.15, -0.1) is 0 Å². The number of hydrogen-bond donors (Lipinski definition) is 2. The molecule has 0 radical (unpaired) electrons. The molecule has 1 aliphatic heterocycles. The van der Waals surface area contributed by atoms with E-state index in [1.54, 1.807) is 6.20 Å². The van der Waals surface area contributed by atoms with Gasteiger partial charge in [-0.25, -0.2) is 9.97 Å². The number of nitrogens with one attached hydrogen (secondary N) is 2. The topological polar surface area (TPSA) is 79.4 Å². The molecule has 0 atom stereocenters.